The molecule has 0 atom stereocenters. The van der Waals surface area contributed by atoms with Crippen LogP contribution >= 0.6 is 0 Å². The van der Waals surface area contributed by atoms with Gasteiger partial charge in [-0.3, -0.25) is 14.9 Å². The molecule has 0 saturated heterocycles. The highest BCUT2D eigenvalue weighted by atomic mass is 16.6. The molecule has 34 heavy (non-hydrogen) atoms. The molecule has 3 rings (SSSR count). The number of ether oxygens (including phenoxy) is 2. The number of carbonyl (C=O) groups is 3. The van der Waals surface area contributed by atoms with Gasteiger partial charge in [-0.15, -0.1) is 0 Å². The molecule has 0 aliphatic heterocycles. The molecule has 0 bridgehead atoms. The third-order valence-corrected chi connectivity index (χ3v) is 4.57. The Morgan fingerprint density at radius 3 is 1.59 bits per heavy atom. The highest BCUT2D eigenvalue weighted by Gasteiger charge is 2.17. The minimum absolute atomic E-state index is 0.318. The van der Waals surface area contributed by atoms with Crippen LogP contribution in [0.15, 0.2) is 72.8 Å². The number of carbonyl (C=O) groups excluding carboxylic acids is 3. The van der Waals surface area contributed by atoms with Crippen LogP contribution in [0.4, 0.5) is 21.9 Å². The monoisotopic (exact) mass is 461 g/mol. The smallest absolute Gasteiger partial charge is 0.412 e. The predicted molar refractivity (Wildman–Crippen MR) is 132 cm³/mol. The van der Waals surface area contributed by atoms with Crippen LogP contribution in [0.1, 0.15) is 41.5 Å². The molecule has 3 amide bonds. The Balaban J connectivity index is 1.66. The van der Waals surface area contributed by atoms with Crippen molar-refractivity contribution < 1.29 is 23.9 Å². The van der Waals surface area contributed by atoms with E-state index in [4.69, 9.17) is 9.47 Å². The summed E-state index contributed by atoms with van der Waals surface area (Å²) < 4.78 is 10.3. The van der Waals surface area contributed by atoms with Crippen molar-refractivity contribution >= 4 is 35.0 Å². The first kappa shape index (κ1) is 24.3. The lowest BCUT2D eigenvalue weighted by molar-refractivity contribution is 0.0635. The number of anilines is 3. The van der Waals surface area contributed by atoms with Crippen LogP contribution in [0.25, 0.3) is 0 Å². The molecule has 0 radical (unpaired) electrons. The second-order valence-corrected chi connectivity index (χ2v) is 8.39. The van der Waals surface area contributed by atoms with E-state index in [-0.39, 0.29) is 11.8 Å². The summed E-state index contributed by atoms with van der Waals surface area (Å²) in [6.45, 7) is 5.33. The molecule has 8 nitrogen and oxygen atoms in total. The molecule has 8 heteroatoms. The molecule has 0 aliphatic rings. The molecule has 3 aromatic rings. The van der Waals surface area contributed by atoms with Gasteiger partial charge in [0.05, 0.1) is 18.5 Å². The zero-order valence-corrected chi connectivity index (χ0v) is 19.5. The largest absolute Gasteiger partial charge is 0.497 e. The maximum absolute atomic E-state index is 12.8. The van der Waals surface area contributed by atoms with Crippen molar-refractivity contribution in [3.63, 3.8) is 0 Å². The van der Waals surface area contributed by atoms with Crippen molar-refractivity contribution in [1.29, 1.82) is 0 Å². The van der Waals surface area contributed by atoms with Crippen molar-refractivity contribution in [2.45, 2.75) is 26.4 Å². The van der Waals surface area contributed by atoms with Crippen molar-refractivity contribution in [1.82, 2.24) is 0 Å². The van der Waals surface area contributed by atoms with Gasteiger partial charge < -0.3 is 20.1 Å². The van der Waals surface area contributed by atoms with E-state index in [0.29, 0.717) is 33.9 Å². The van der Waals surface area contributed by atoms with Crippen LogP contribution in [0.5, 0.6) is 5.75 Å². The normalized spacial score (nSPS) is 10.7. The second kappa shape index (κ2) is 10.5. The zero-order chi connectivity index (χ0) is 24.7. The van der Waals surface area contributed by atoms with Crippen LogP contribution in [0, 0.1) is 0 Å². The number of para-hydroxylation sites is 2. The van der Waals surface area contributed by atoms with Crippen molar-refractivity contribution in [2.75, 3.05) is 23.1 Å². The molecule has 176 valence electrons. The molecule has 0 aliphatic carbocycles. The van der Waals surface area contributed by atoms with E-state index >= 15 is 0 Å². The van der Waals surface area contributed by atoms with Crippen LogP contribution in [-0.2, 0) is 4.74 Å². The van der Waals surface area contributed by atoms with E-state index in [9.17, 15) is 14.4 Å². The summed E-state index contributed by atoms with van der Waals surface area (Å²) in [5.74, 6) is -0.0339. The van der Waals surface area contributed by atoms with Crippen LogP contribution in [0.2, 0.25) is 0 Å². The Morgan fingerprint density at radius 1 is 0.676 bits per heavy atom. The highest BCUT2D eigenvalue weighted by Crippen LogP contribution is 2.23. The number of nitrogens with one attached hydrogen (secondary N) is 3. The molecule has 0 saturated carbocycles. The van der Waals surface area contributed by atoms with Gasteiger partial charge in [0.1, 0.15) is 11.4 Å². The molecule has 0 spiro atoms. The Labute approximate surface area is 198 Å². The molecule has 3 aromatic carbocycles. The Hall–Kier alpha value is -4.33. The van der Waals surface area contributed by atoms with E-state index in [1.165, 1.54) is 0 Å². The first-order valence-corrected chi connectivity index (χ1v) is 10.6. The number of rotatable bonds is 6. The fraction of sp³-hybridized carbons (Fsp3) is 0.192. The van der Waals surface area contributed by atoms with E-state index in [1.54, 1.807) is 101 Å². The van der Waals surface area contributed by atoms with Gasteiger partial charge in [-0.2, -0.15) is 0 Å². The quantitative estimate of drug-likeness (QED) is 0.446. The second-order valence-electron chi connectivity index (χ2n) is 8.39. The summed E-state index contributed by atoms with van der Waals surface area (Å²) >= 11 is 0. The summed E-state index contributed by atoms with van der Waals surface area (Å²) in [4.78, 5) is 37.3. The van der Waals surface area contributed by atoms with Gasteiger partial charge in [0.15, 0.2) is 0 Å². The first-order chi connectivity index (χ1) is 16.1. The molecule has 0 fully saturated rings. The minimum Gasteiger partial charge on any atom is -0.497 e. The number of hydrogen-bond donors (Lipinski definition) is 3. The predicted octanol–water partition coefficient (Wildman–Crippen LogP) is 5.55. The van der Waals surface area contributed by atoms with Crippen molar-refractivity contribution in [3.05, 3.63) is 83.9 Å². The van der Waals surface area contributed by atoms with Crippen LogP contribution < -0.4 is 20.7 Å². The summed E-state index contributed by atoms with van der Waals surface area (Å²) in [6, 6.07) is 20.0. The number of hydrogen-bond acceptors (Lipinski definition) is 5. The Kier molecular flexibility index (Phi) is 7.53. The number of benzene rings is 3. The van der Waals surface area contributed by atoms with E-state index in [1.807, 2.05) is 0 Å². The van der Waals surface area contributed by atoms with Gasteiger partial charge in [0.25, 0.3) is 11.8 Å². The van der Waals surface area contributed by atoms with Gasteiger partial charge >= 0.3 is 6.09 Å². The van der Waals surface area contributed by atoms with E-state index < -0.39 is 11.7 Å². The molecule has 0 aromatic heterocycles. The third kappa shape index (κ3) is 6.83. The highest BCUT2D eigenvalue weighted by molar-refractivity contribution is 6.10. The van der Waals surface area contributed by atoms with Gasteiger partial charge in [0, 0.05) is 16.8 Å². The van der Waals surface area contributed by atoms with Gasteiger partial charge in [-0.05, 0) is 81.4 Å². The standard InChI is InChI=1S/C26H27N3O5/c1-26(2,3)34-25(32)27-19-13-9-17(10-14-19)23(30)28-21-7-5-6-8-22(21)29-24(31)18-11-15-20(33-4)16-12-18/h5-16H,1-4H3,(H,27,32)(H,28,30)(H,29,31). The van der Waals surface area contributed by atoms with E-state index in [2.05, 4.69) is 16.0 Å². The zero-order valence-electron chi connectivity index (χ0n) is 19.5. The number of amides is 3. The molecular formula is C26H27N3O5. The molecule has 0 unspecified atom stereocenters. The molecule has 0 heterocycles. The first-order valence-electron chi connectivity index (χ1n) is 10.6. The Bertz CT molecular complexity index is 1170. The van der Waals surface area contributed by atoms with Crippen molar-refractivity contribution in [3.8, 4) is 5.75 Å². The van der Waals surface area contributed by atoms with Crippen LogP contribution in [0.3, 0.4) is 0 Å². The van der Waals surface area contributed by atoms with Crippen molar-refractivity contribution in [2.24, 2.45) is 0 Å². The van der Waals surface area contributed by atoms with Crippen LogP contribution in [-0.4, -0.2) is 30.6 Å². The average molecular weight is 462 g/mol. The fourth-order valence-electron chi connectivity index (χ4n) is 2.96. The number of methoxy groups -OCH3 is 1. The summed E-state index contributed by atoms with van der Waals surface area (Å²) in [6.07, 6.45) is -0.578. The SMILES string of the molecule is COc1ccc(C(=O)Nc2ccccc2NC(=O)c2ccc(NC(=O)OC(C)(C)C)cc2)cc1. The maximum atomic E-state index is 12.8. The molecular weight excluding hydrogens is 434 g/mol. The van der Waals surface area contributed by atoms with Gasteiger partial charge in [-0.1, -0.05) is 12.1 Å². The van der Waals surface area contributed by atoms with Gasteiger partial charge in [0.2, 0.25) is 0 Å². The lowest BCUT2D eigenvalue weighted by Crippen LogP contribution is -2.27. The van der Waals surface area contributed by atoms with E-state index in [0.717, 1.165) is 0 Å². The topological polar surface area (TPSA) is 106 Å². The lowest BCUT2D eigenvalue weighted by Gasteiger charge is -2.19. The summed E-state index contributed by atoms with van der Waals surface area (Å²) in [5.41, 5.74) is 1.63. The summed E-state index contributed by atoms with van der Waals surface area (Å²) in [5, 5.41) is 8.24. The summed E-state index contributed by atoms with van der Waals surface area (Å²) in [7, 11) is 1.55. The Morgan fingerprint density at radius 2 is 1.15 bits per heavy atom. The maximum Gasteiger partial charge on any atom is 0.412 e. The average Bonchev–Trinajstić information content (AvgIpc) is 2.79. The third-order valence-electron chi connectivity index (χ3n) is 4.57. The minimum atomic E-state index is -0.611. The van der Waals surface area contributed by atoms with Gasteiger partial charge in [-0.25, -0.2) is 4.79 Å². The molecule has 3 N–H and O–H groups in total. The lowest BCUT2D eigenvalue weighted by atomic mass is 10.1. The fourth-order valence-corrected chi connectivity index (χ4v) is 2.96.